The van der Waals surface area contributed by atoms with Gasteiger partial charge >= 0.3 is 5.97 Å². The molecule has 0 aromatic heterocycles. The summed E-state index contributed by atoms with van der Waals surface area (Å²) in [7, 11) is 1.35. The second-order valence-corrected chi connectivity index (χ2v) is 6.56. The zero-order valence-corrected chi connectivity index (χ0v) is 14.9. The molecule has 0 fully saturated rings. The minimum atomic E-state index is -0.749. The fourth-order valence-electron chi connectivity index (χ4n) is 2.58. The summed E-state index contributed by atoms with van der Waals surface area (Å²) in [6.45, 7) is 13.8. The van der Waals surface area contributed by atoms with E-state index in [1.807, 2.05) is 27.7 Å². The highest BCUT2D eigenvalue weighted by Crippen LogP contribution is 2.26. The Morgan fingerprint density at radius 2 is 1.32 bits per heavy atom. The van der Waals surface area contributed by atoms with Crippen LogP contribution in [0.5, 0.6) is 0 Å². The first kappa shape index (κ1) is 18.2. The van der Waals surface area contributed by atoms with Crippen LogP contribution in [0.2, 0.25) is 0 Å². The Hall–Kier alpha value is -1.84. The lowest BCUT2D eigenvalue weighted by Crippen LogP contribution is -2.40. The summed E-state index contributed by atoms with van der Waals surface area (Å²) in [5, 5.41) is 2.87. The molecule has 122 valence electrons. The van der Waals surface area contributed by atoms with Gasteiger partial charge in [0.05, 0.1) is 12.5 Å². The molecule has 4 heteroatoms. The maximum absolute atomic E-state index is 12.6. The first-order chi connectivity index (χ1) is 10.0. The van der Waals surface area contributed by atoms with Gasteiger partial charge in [-0.15, -0.1) is 0 Å². The number of nitrogens with one attached hydrogen (secondary N) is 1. The van der Waals surface area contributed by atoms with Crippen LogP contribution in [0.1, 0.15) is 52.0 Å². The van der Waals surface area contributed by atoms with Gasteiger partial charge in [-0.1, -0.05) is 0 Å². The van der Waals surface area contributed by atoms with Crippen molar-refractivity contribution in [3.8, 4) is 0 Å². The summed E-state index contributed by atoms with van der Waals surface area (Å²) < 4.78 is 4.76. The zero-order valence-electron chi connectivity index (χ0n) is 14.9. The van der Waals surface area contributed by atoms with Gasteiger partial charge in [0.2, 0.25) is 0 Å². The zero-order chi connectivity index (χ0) is 17.2. The maximum Gasteiger partial charge on any atom is 0.313 e. The van der Waals surface area contributed by atoms with Crippen LogP contribution in [-0.2, 0) is 9.53 Å². The van der Waals surface area contributed by atoms with Crippen LogP contribution in [0.3, 0.4) is 0 Å². The van der Waals surface area contributed by atoms with E-state index in [1.165, 1.54) is 12.7 Å². The first-order valence-electron chi connectivity index (χ1n) is 7.48. The molecule has 1 rings (SSSR count). The average molecular weight is 305 g/mol. The second-order valence-electron chi connectivity index (χ2n) is 6.56. The number of carbonyl (C=O) groups excluding carboxylic acids is 2. The van der Waals surface area contributed by atoms with Gasteiger partial charge in [0.15, 0.2) is 0 Å². The number of methoxy groups -OCH3 is 1. The lowest BCUT2D eigenvalue weighted by atomic mass is 9.88. The number of esters is 1. The van der Waals surface area contributed by atoms with E-state index in [0.29, 0.717) is 5.56 Å². The van der Waals surface area contributed by atoms with Gasteiger partial charge in [0.1, 0.15) is 0 Å². The Morgan fingerprint density at radius 1 is 0.909 bits per heavy atom. The molecule has 4 nitrogen and oxygen atoms in total. The summed E-state index contributed by atoms with van der Waals surface area (Å²) in [5.74, 6) is -0.476. The Morgan fingerprint density at radius 3 is 1.73 bits per heavy atom. The first-order valence-corrected chi connectivity index (χ1v) is 7.48. The lowest BCUT2D eigenvalue weighted by molar-refractivity contribution is -0.150. The van der Waals surface area contributed by atoms with Gasteiger partial charge < -0.3 is 10.1 Å². The van der Waals surface area contributed by atoms with Crippen molar-refractivity contribution in [3.05, 3.63) is 33.4 Å². The lowest BCUT2D eigenvalue weighted by Gasteiger charge is -2.23. The monoisotopic (exact) mass is 305 g/mol. The highest BCUT2D eigenvalue weighted by atomic mass is 16.5. The van der Waals surface area contributed by atoms with E-state index in [0.717, 1.165) is 22.3 Å². The molecule has 0 bridgehead atoms. The summed E-state index contributed by atoms with van der Waals surface area (Å²) in [5.41, 5.74) is 5.45. The molecule has 1 aromatic carbocycles. The fourth-order valence-corrected chi connectivity index (χ4v) is 2.58. The van der Waals surface area contributed by atoms with E-state index >= 15 is 0 Å². The molecule has 0 spiro atoms. The van der Waals surface area contributed by atoms with E-state index < -0.39 is 5.41 Å². The fraction of sp³-hybridized carbons (Fsp3) is 0.556. The van der Waals surface area contributed by atoms with Crippen LogP contribution in [-0.4, -0.2) is 25.5 Å². The number of carbonyl (C=O) groups is 2. The summed E-state index contributed by atoms with van der Waals surface area (Å²) in [6.07, 6.45) is 0. The number of rotatable bonds is 4. The quantitative estimate of drug-likeness (QED) is 0.869. The van der Waals surface area contributed by atoms with Crippen molar-refractivity contribution in [2.75, 3.05) is 13.7 Å². The molecule has 0 saturated heterocycles. The Kier molecular flexibility index (Phi) is 5.39. The maximum atomic E-state index is 12.6. The third kappa shape index (κ3) is 3.32. The van der Waals surface area contributed by atoms with Crippen LogP contribution in [0.15, 0.2) is 0 Å². The molecule has 1 aromatic rings. The van der Waals surface area contributed by atoms with Crippen molar-refractivity contribution in [2.24, 2.45) is 5.41 Å². The molecule has 0 heterocycles. The molecule has 0 saturated carbocycles. The third-order valence-electron chi connectivity index (χ3n) is 4.66. The summed E-state index contributed by atoms with van der Waals surface area (Å²) in [6, 6.07) is 0. The van der Waals surface area contributed by atoms with Crippen LogP contribution in [0.25, 0.3) is 0 Å². The minimum absolute atomic E-state index is 0.141. The number of hydrogen-bond acceptors (Lipinski definition) is 3. The van der Waals surface area contributed by atoms with Gasteiger partial charge in [-0.2, -0.15) is 0 Å². The third-order valence-corrected chi connectivity index (χ3v) is 4.66. The average Bonchev–Trinajstić information content (AvgIpc) is 2.48. The SMILES string of the molecule is COC(=O)C(C)(C)CNC(=O)c1c(C)c(C)c(C)c(C)c1C. The molecule has 1 N–H and O–H groups in total. The second kappa shape index (κ2) is 6.51. The van der Waals surface area contributed by atoms with Crippen molar-refractivity contribution in [1.29, 1.82) is 0 Å². The van der Waals surface area contributed by atoms with Crippen LogP contribution in [0.4, 0.5) is 0 Å². The summed E-state index contributed by atoms with van der Waals surface area (Å²) >= 11 is 0. The smallest absolute Gasteiger partial charge is 0.313 e. The molecule has 0 aliphatic rings. The molecule has 1 amide bonds. The number of hydrogen-bond donors (Lipinski definition) is 1. The highest BCUT2D eigenvalue weighted by molar-refractivity contribution is 5.98. The van der Waals surface area contributed by atoms with Crippen molar-refractivity contribution in [3.63, 3.8) is 0 Å². The van der Waals surface area contributed by atoms with Gasteiger partial charge in [0.25, 0.3) is 5.91 Å². The van der Waals surface area contributed by atoms with Crippen molar-refractivity contribution in [1.82, 2.24) is 5.32 Å². The predicted octanol–water partition coefficient (Wildman–Crippen LogP) is 3.16. The Balaban J connectivity index is 3.09. The molecular formula is C18H27NO3. The van der Waals surface area contributed by atoms with Gasteiger partial charge in [0, 0.05) is 12.1 Å². The molecular weight excluding hydrogens is 278 g/mol. The normalized spacial score (nSPS) is 11.3. The summed E-state index contributed by atoms with van der Waals surface area (Å²) in [4.78, 5) is 24.3. The van der Waals surface area contributed by atoms with E-state index in [-0.39, 0.29) is 18.4 Å². The van der Waals surface area contributed by atoms with Gasteiger partial charge in [-0.05, 0) is 76.3 Å². The van der Waals surface area contributed by atoms with E-state index in [4.69, 9.17) is 4.74 Å². The topological polar surface area (TPSA) is 55.4 Å². The molecule has 0 atom stereocenters. The van der Waals surface area contributed by atoms with Gasteiger partial charge in [-0.25, -0.2) is 0 Å². The Bertz CT molecular complexity index is 586. The molecule has 0 aliphatic heterocycles. The van der Waals surface area contributed by atoms with E-state index in [9.17, 15) is 9.59 Å². The van der Waals surface area contributed by atoms with Crippen LogP contribution < -0.4 is 5.32 Å². The van der Waals surface area contributed by atoms with Crippen molar-refractivity contribution >= 4 is 11.9 Å². The van der Waals surface area contributed by atoms with Gasteiger partial charge in [-0.3, -0.25) is 9.59 Å². The molecule has 22 heavy (non-hydrogen) atoms. The van der Waals surface area contributed by atoms with Crippen LogP contribution in [0, 0.1) is 40.0 Å². The predicted molar refractivity (Wildman–Crippen MR) is 88.3 cm³/mol. The molecule has 0 radical (unpaired) electrons. The number of benzene rings is 1. The number of amides is 1. The van der Waals surface area contributed by atoms with Crippen LogP contribution >= 0.6 is 0 Å². The largest absolute Gasteiger partial charge is 0.469 e. The standard InChI is InChI=1S/C18H27NO3/c1-10-11(2)13(4)15(14(5)12(10)3)16(20)19-9-18(6,7)17(21)22-8/h9H2,1-8H3,(H,19,20). The Labute approximate surface area is 133 Å². The highest BCUT2D eigenvalue weighted by Gasteiger charge is 2.30. The van der Waals surface area contributed by atoms with E-state index in [2.05, 4.69) is 12.2 Å². The van der Waals surface area contributed by atoms with Crippen molar-refractivity contribution in [2.45, 2.75) is 48.5 Å². The minimum Gasteiger partial charge on any atom is -0.469 e. The number of ether oxygens (including phenoxy) is 1. The van der Waals surface area contributed by atoms with Crippen molar-refractivity contribution < 1.29 is 14.3 Å². The molecule has 0 aliphatic carbocycles. The molecule has 0 unspecified atom stereocenters. The van der Waals surface area contributed by atoms with E-state index in [1.54, 1.807) is 13.8 Å².